The van der Waals surface area contributed by atoms with Crippen molar-refractivity contribution in [1.82, 2.24) is 5.32 Å². The molecule has 1 amide bonds. The summed E-state index contributed by atoms with van der Waals surface area (Å²) in [4.78, 5) is 12.2. The van der Waals surface area contributed by atoms with Gasteiger partial charge in [-0.15, -0.1) is 0 Å². The Morgan fingerprint density at radius 2 is 1.92 bits per heavy atom. The number of nitrogens with one attached hydrogen (secondary N) is 2. The molecular formula is C19H18ClN3O. The minimum absolute atomic E-state index is 0.00138. The molecule has 0 saturated heterocycles. The first-order chi connectivity index (χ1) is 11.5. The van der Waals surface area contributed by atoms with Gasteiger partial charge >= 0.3 is 0 Å². The highest BCUT2D eigenvalue weighted by Crippen LogP contribution is 2.23. The van der Waals surface area contributed by atoms with Crippen LogP contribution < -0.4 is 10.6 Å². The molecule has 0 unspecified atom stereocenters. The zero-order chi connectivity index (χ0) is 17.5. The molecule has 0 saturated carbocycles. The maximum Gasteiger partial charge on any atom is 0.267 e. The largest absolute Gasteiger partial charge is 0.386 e. The van der Waals surface area contributed by atoms with Crippen LogP contribution in [0.4, 0.5) is 5.69 Å². The average molecular weight is 340 g/mol. The normalized spacial score (nSPS) is 10.8. The third-order valence-electron chi connectivity index (χ3n) is 3.55. The molecule has 2 aromatic carbocycles. The van der Waals surface area contributed by atoms with Crippen LogP contribution in [0.15, 0.2) is 54.2 Å². The Hall–Kier alpha value is -2.77. The number of halogens is 1. The summed E-state index contributed by atoms with van der Waals surface area (Å²) < 4.78 is 0. The molecule has 2 aromatic rings. The second-order valence-electron chi connectivity index (χ2n) is 5.40. The van der Waals surface area contributed by atoms with E-state index in [-0.39, 0.29) is 5.57 Å². The number of nitrogens with zero attached hydrogens (tertiary/aromatic N) is 1. The zero-order valence-corrected chi connectivity index (χ0v) is 14.3. The molecule has 4 nitrogen and oxygen atoms in total. The quantitative estimate of drug-likeness (QED) is 0.637. The van der Waals surface area contributed by atoms with Crippen LogP contribution in [0.2, 0.25) is 5.02 Å². The Kier molecular flexibility index (Phi) is 6.00. The van der Waals surface area contributed by atoms with Crippen molar-refractivity contribution in [1.29, 1.82) is 5.26 Å². The van der Waals surface area contributed by atoms with Gasteiger partial charge in [0.25, 0.3) is 5.91 Å². The van der Waals surface area contributed by atoms with E-state index in [4.69, 9.17) is 11.6 Å². The van der Waals surface area contributed by atoms with Crippen molar-refractivity contribution in [2.75, 3.05) is 5.32 Å². The van der Waals surface area contributed by atoms with Gasteiger partial charge in [0.15, 0.2) is 0 Å². The summed E-state index contributed by atoms with van der Waals surface area (Å²) in [5.74, 6) is -0.473. The molecule has 2 rings (SSSR count). The molecule has 0 bridgehead atoms. The summed E-state index contributed by atoms with van der Waals surface area (Å²) in [6.45, 7) is 4.37. The van der Waals surface area contributed by atoms with E-state index in [0.29, 0.717) is 17.3 Å². The number of nitriles is 1. The van der Waals surface area contributed by atoms with Gasteiger partial charge in [0.2, 0.25) is 0 Å². The molecule has 0 fully saturated rings. The lowest BCUT2D eigenvalue weighted by molar-refractivity contribution is -0.112. The maximum atomic E-state index is 12.2. The van der Waals surface area contributed by atoms with Crippen molar-refractivity contribution >= 4 is 23.2 Å². The summed E-state index contributed by atoms with van der Waals surface area (Å²) in [5, 5.41) is 15.4. The molecule has 0 aliphatic rings. The third kappa shape index (κ3) is 4.61. The van der Waals surface area contributed by atoms with Gasteiger partial charge in [0.1, 0.15) is 11.6 Å². The standard InChI is InChI=1S/C19H18ClN3O/c1-13-6-8-15(9-7-13)11-22-12-16(10-21)19(24)23-18-5-3-4-17(20)14(18)2/h3-9,12,22H,11H2,1-2H3,(H,23,24)/b16-12-. The van der Waals surface area contributed by atoms with E-state index in [9.17, 15) is 10.1 Å². The first kappa shape index (κ1) is 17.6. The predicted octanol–water partition coefficient (Wildman–Crippen LogP) is 4.09. The Morgan fingerprint density at radius 3 is 2.58 bits per heavy atom. The highest BCUT2D eigenvalue weighted by Gasteiger charge is 2.11. The summed E-state index contributed by atoms with van der Waals surface area (Å²) in [6.07, 6.45) is 1.43. The van der Waals surface area contributed by atoms with E-state index in [1.54, 1.807) is 18.2 Å². The van der Waals surface area contributed by atoms with Crippen molar-refractivity contribution in [3.05, 3.63) is 76.0 Å². The van der Waals surface area contributed by atoms with Gasteiger partial charge in [-0.05, 0) is 37.1 Å². The minimum atomic E-state index is -0.473. The molecule has 0 spiro atoms. The van der Waals surface area contributed by atoms with Crippen molar-refractivity contribution in [2.24, 2.45) is 0 Å². The van der Waals surface area contributed by atoms with E-state index < -0.39 is 5.91 Å². The lowest BCUT2D eigenvalue weighted by atomic mass is 10.1. The van der Waals surface area contributed by atoms with Crippen LogP contribution >= 0.6 is 11.6 Å². The Morgan fingerprint density at radius 1 is 1.21 bits per heavy atom. The zero-order valence-electron chi connectivity index (χ0n) is 13.6. The fraction of sp³-hybridized carbons (Fsp3) is 0.158. The summed E-state index contributed by atoms with van der Waals surface area (Å²) >= 11 is 6.03. The number of hydrogen-bond donors (Lipinski definition) is 2. The van der Waals surface area contributed by atoms with Crippen LogP contribution in [0.1, 0.15) is 16.7 Å². The predicted molar refractivity (Wildman–Crippen MR) is 96.5 cm³/mol. The number of amides is 1. The van der Waals surface area contributed by atoms with Gasteiger partial charge < -0.3 is 10.6 Å². The van der Waals surface area contributed by atoms with E-state index in [1.165, 1.54) is 11.8 Å². The first-order valence-corrected chi connectivity index (χ1v) is 7.84. The van der Waals surface area contributed by atoms with Crippen LogP contribution in [-0.4, -0.2) is 5.91 Å². The smallest absolute Gasteiger partial charge is 0.267 e. The number of benzene rings is 2. The van der Waals surface area contributed by atoms with E-state index in [2.05, 4.69) is 10.6 Å². The third-order valence-corrected chi connectivity index (χ3v) is 3.96. The van der Waals surface area contributed by atoms with Gasteiger partial charge in [-0.2, -0.15) is 5.26 Å². The number of anilines is 1. The Balaban J connectivity index is 2.01. The van der Waals surface area contributed by atoms with Crippen molar-refractivity contribution in [3.63, 3.8) is 0 Å². The number of hydrogen-bond acceptors (Lipinski definition) is 3. The number of aryl methyl sites for hydroxylation is 1. The fourth-order valence-corrected chi connectivity index (χ4v) is 2.23. The molecule has 0 aromatic heterocycles. The van der Waals surface area contributed by atoms with Crippen molar-refractivity contribution in [3.8, 4) is 6.07 Å². The van der Waals surface area contributed by atoms with Crippen molar-refractivity contribution < 1.29 is 4.79 Å². The molecule has 122 valence electrons. The van der Waals surface area contributed by atoms with Gasteiger partial charge in [0, 0.05) is 23.5 Å². The minimum Gasteiger partial charge on any atom is -0.386 e. The maximum absolute atomic E-state index is 12.2. The molecule has 2 N–H and O–H groups in total. The summed E-state index contributed by atoms with van der Waals surface area (Å²) in [5.41, 5.74) is 3.61. The second-order valence-corrected chi connectivity index (χ2v) is 5.81. The Labute approximate surface area is 146 Å². The van der Waals surface area contributed by atoms with Crippen LogP contribution in [0.5, 0.6) is 0 Å². The Bertz CT molecular complexity index is 804. The summed E-state index contributed by atoms with van der Waals surface area (Å²) in [7, 11) is 0. The lowest BCUT2D eigenvalue weighted by Crippen LogP contribution is -2.17. The van der Waals surface area contributed by atoms with E-state index in [1.807, 2.05) is 44.2 Å². The van der Waals surface area contributed by atoms with Gasteiger partial charge in [-0.1, -0.05) is 47.5 Å². The van der Waals surface area contributed by atoms with E-state index in [0.717, 1.165) is 11.1 Å². The van der Waals surface area contributed by atoms with Crippen LogP contribution in [0.3, 0.4) is 0 Å². The molecule has 0 heterocycles. The van der Waals surface area contributed by atoms with Crippen LogP contribution in [0, 0.1) is 25.2 Å². The van der Waals surface area contributed by atoms with Gasteiger partial charge in [-0.3, -0.25) is 4.79 Å². The molecule has 0 aliphatic heterocycles. The topological polar surface area (TPSA) is 64.9 Å². The molecule has 0 atom stereocenters. The number of carbonyl (C=O) groups excluding carboxylic acids is 1. The van der Waals surface area contributed by atoms with Gasteiger partial charge in [-0.25, -0.2) is 0 Å². The SMILES string of the molecule is Cc1ccc(CN/C=C(/C#N)C(=O)Nc2cccc(Cl)c2C)cc1. The highest BCUT2D eigenvalue weighted by molar-refractivity contribution is 6.31. The number of rotatable bonds is 5. The molecule has 0 aliphatic carbocycles. The van der Waals surface area contributed by atoms with Crippen LogP contribution in [0.25, 0.3) is 0 Å². The molecule has 0 radical (unpaired) electrons. The highest BCUT2D eigenvalue weighted by atomic mass is 35.5. The first-order valence-electron chi connectivity index (χ1n) is 7.47. The monoisotopic (exact) mass is 339 g/mol. The average Bonchev–Trinajstić information content (AvgIpc) is 2.57. The molecule has 24 heavy (non-hydrogen) atoms. The lowest BCUT2D eigenvalue weighted by Gasteiger charge is -2.09. The molecule has 5 heteroatoms. The molecular weight excluding hydrogens is 322 g/mol. The number of carbonyl (C=O) groups is 1. The van der Waals surface area contributed by atoms with Crippen LogP contribution in [-0.2, 0) is 11.3 Å². The second kappa shape index (κ2) is 8.19. The van der Waals surface area contributed by atoms with Crippen molar-refractivity contribution in [2.45, 2.75) is 20.4 Å². The van der Waals surface area contributed by atoms with Gasteiger partial charge in [0.05, 0.1) is 0 Å². The summed E-state index contributed by atoms with van der Waals surface area (Å²) in [6, 6.07) is 15.2. The van der Waals surface area contributed by atoms with E-state index >= 15 is 0 Å². The fourth-order valence-electron chi connectivity index (χ4n) is 2.06.